The number of ether oxygens (including phenoxy) is 1. The van der Waals surface area contributed by atoms with E-state index in [1.165, 1.54) is 4.90 Å². The number of rotatable bonds is 8. The van der Waals surface area contributed by atoms with Crippen LogP contribution in [-0.4, -0.2) is 37.2 Å². The standard InChI is InChI=1S/C13H21NO2S/c1-3-14-11(7-8-15)10-17-13-6-4-5-12(9-13)16-2/h4-6,9,11,14-15H,3,7-8,10H2,1-2H3. The molecule has 0 saturated carbocycles. The minimum absolute atomic E-state index is 0.232. The summed E-state index contributed by atoms with van der Waals surface area (Å²) in [5, 5.41) is 12.3. The second-order valence-corrected chi connectivity index (χ2v) is 4.85. The highest BCUT2D eigenvalue weighted by Crippen LogP contribution is 2.23. The maximum Gasteiger partial charge on any atom is 0.119 e. The van der Waals surface area contributed by atoms with Crippen molar-refractivity contribution in [2.75, 3.05) is 26.0 Å². The highest BCUT2D eigenvalue weighted by Gasteiger charge is 2.07. The second kappa shape index (κ2) is 8.39. The summed E-state index contributed by atoms with van der Waals surface area (Å²) in [6.07, 6.45) is 0.796. The molecule has 0 bridgehead atoms. The summed E-state index contributed by atoms with van der Waals surface area (Å²) in [6, 6.07) is 8.41. The first-order valence-electron chi connectivity index (χ1n) is 5.91. The first-order chi connectivity index (χ1) is 8.30. The number of hydrogen-bond donors (Lipinski definition) is 2. The fraction of sp³-hybridized carbons (Fsp3) is 0.538. The Kier molecular flexibility index (Phi) is 7.08. The monoisotopic (exact) mass is 255 g/mol. The van der Waals surface area contributed by atoms with Crippen molar-refractivity contribution in [2.24, 2.45) is 0 Å². The molecule has 0 radical (unpaired) electrons. The summed E-state index contributed by atoms with van der Waals surface area (Å²) in [5.41, 5.74) is 0. The van der Waals surface area contributed by atoms with Crippen molar-refractivity contribution in [1.29, 1.82) is 0 Å². The Balaban J connectivity index is 2.46. The number of methoxy groups -OCH3 is 1. The topological polar surface area (TPSA) is 41.5 Å². The van der Waals surface area contributed by atoms with Crippen LogP contribution in [-0.2, 0) is 0 Å². The molecule has 1 unspecified atom stereocenters. The number of hydrogen-bond acceptors (Lipinski definition) is 4. The van der Waals surface area contributed by atoms with Gasteiger partial charge in [-0.3, -0.25) is 0 Å². The molecule has 0 heterocycles. The summed E-state index contributed by atoms with van der Waals surface area (Å²) >= 11 is 1.78. The first-order valence-corrected chi connectivity index (χ1v) is 6.89. The highest BCUT2D eigenvalue weighted by atomic mass is 32.2. The molecule has 17 heavy (non-hydrogen) atoms. The normalized spacial score (nSPS) is 12.4. The fourth-order valence-electron chi connectivity index (χ4n) is 1.58. The average Bonchev–Trinajstić information content (AvgIpc) is 2.37. The van der Waals surface area contributed by atoms with Crippen molar-refractivity contribution < 1.29 is 9.84 Å². The van der Waals surface area contributed by atoms with E-state index in [9.17, 15) is 0 Å². The van der Waals surface area contributed by atoms with Gasteiger partial charge < -0.3 is 15.2 Å². The Morgan fingerprint density at radius 2 is 2.29 bits per heavy atom. The van der Waals surface area contributed by atoms with Crippen molar-refractivity contribution in [3.63, 3.8) is 0 Å². The van der Waals surface area contributed by atoms with E-state index in [1.807, 2.05) is 18.2 Å². The lowest BCUT2D eigenvalue weighted by Gasteiger charge is -2.16. The first kappa shape index (κ1) is 14.4. The van der Waals surface area contributed by atoms with Gasteiger partial charge in [0.25, 0.3) is 0 Å². The van der Waals surface area contributed by atoms with Gasteiger partial charge in [-0.25, -0.2) is 0 Å². The predicted molar refractivity (Wildman–Crippen MR) is 72.9 cm³/mol. The minimum atomic E-state index is 0.232. The van der Waals surface area contributed by atoms with Gasteiger partial charge in [-0.1, -0.05) is 13.0 Å². The molecule has 0 aliphatic carbocycles. The van der Waals surface area contributed by atoms with Gasteiger partial charge in [0.15, 0.2) is 0 Å². The summed E-state index contributed by atoms with van der Waals surface area (Å²) < 4.78 is 5.19. The van der Waals surface area contributed by atoms with Crippen molar-refractivity contribution in [3.8, 4) is 5.75 Å². The molecule has 3 nitrogen and oxygen atoms in total. The van der Waals surface area contributed by atoms with Gasteiger partial charge in [0.1, 0.15) is 5.75 Å². The molecule has 0 aliphatic heterocycles. The molecular formula is C13H21NO2S. The van der Waals surface area contributed by atoms with Crippen LogP contribution in [0.4, 0.5) is 0 Å². The smallest absolute Gasteiger partial charge is 0.119 e. The average molecular weight is 255 g/mol. The molecule has 0 fully saturated rings. The molecule has 4 heteroatoms. The molecule has 0 amide bonds. The van der Waals surface area contributed by atoms with Gasteiger partial charge in [-0.05, 0) is 31.2 Å². The van der Waals surface area contributed by atoms with Crippen molar-refractivity contribution in [1.82, 2.24) is 5.32 Å². The number of aliphatic hydroxyl groups excluding tert-OH is 1. The molecule has 0 aromatic heterocycles. The van der Waals surface area contributed by atoms with Crippen LogP contribution in [0.2, 0.25) is 0 Å². The van der Waals surface area contributed by atoms with Gasteiger partial charge >= 0.3 is 0 Å². The molecule has 96 valence electrons. The Morgan fingerprint density at radius 1 is 1.47 bits per heavy atom. The van der Waals surface area contributed by atoms with Crippen molar-refractivity contribution in [2.45, 2.75) is 24.3 Å². The van der Waals surface area contributed by atoms with E-state index in [0.717, 1.165) is 24.5 Å². The molecule has 1 atom stereocenters. The quantitative estimate of drug-likeness (QED) is 0.698. The lowest BCUT2D eigenvalue weighted by Crippen LogP contribution is -2.31. The molecule has 1 aromatic rings. The third-order valence-electron chi connectivity index (χ3n) is 2.46. The molecule has 2 N–H and O–H groups in total. The summed E-state index contributed by atoms with van der Waals surface area (Å²) in [6.45, 7) is 3.25. The van der Waals surface area contributed by atoms with Crippen LogP contribution in [0.1, 0.15) is 13.3 Å². The number of aliphatic hydroxyl groups is 1. The van der Waals surface area contributed by atoms with E-state index in [0.29, 0.717) is 6.04 Å². The molecule has 0 aliphatic rings. The third kappa shape index (κ3) is 5.44. The van der Waals surface area contributed by atoms with Crippen LogP contribution in [0.3, 0.4) is 0 Å². The van der Waals surface area contributed by atoms with E-state index < -0.39 is 0 Å². The van der Waals surface area contributed by atoms with E-state index in [4.69, 9.17) is 9.84 Å². The number of nitrogens with one attached hydrogen (secondary N) is 1. The fourth-order valence-corrected chi connectivity index (χ4v) is 2.63. The predicted octanol–water partition coefficient (Wildman–Crippen LogP) is 2.15. The summed E-state index contributed by atoms with van der Waals surface area (Å²) in [7, 11) is 1.68. The SMILES string of the molecule is CCNC(CCO)CSc1cccc(OC)c1. The maximum atomic E-state index is 8.97. The Bertz CT molecular complexity index is 314. The van der Waals surface area contributed by atoms with E-state index in [-0.39, 0.29) is 6.61 Å². The van der Waals surface area contributed by atoms with E-state index >= 15 is 0 Å². The van der Waals surface area contributed by atoms with Crippen LogP contribution in [0.25, 0.3) is 0 Å². The molecule has 1 rings (SSSR count). The third-order valence-corrected chi connectivity index (χ3v) is 3.62. The van der Waals surface area contributed by atoms with Crippen molar-refractivity contribution >= 4 is 11.8 Å². The largest absolute Gasteiger partial charge is 0.497 e. The van der Waals surface area contributed by atoms with Gasteiger partial charge in [0.05, 0.1) is 7.11 Å². The zero-order valence-electron chi connectivity index (χ0n) is 10.5. The van der Waals surface area contributed by atoms with Crippen LogP contribution in [0.15, 0.2) is 29.2 Å². The van der Waals surface area contributed by atoms with Crippen LogP contribution < -0.4 is 10.1 Å². The van der Waals surface area contributed by atoms with Crippen molar-refractivity contribution in [3.05, 3.63) is 24.3 Å². The summed E-state index contributed by atoms with van der Waals surface area (Å²) in [4.78, 5) is 1.20. The Hall–Kier alpha value is -0.710. The zero-order valence-corrected chi connectivity index (χ0v) is 11.3. The molecule has 0 saturated heterocycles. The lowest BCUT2D eigenvalue weighted by molar-refractivity contribution is 0.271. The number of thioether (sulfide) groups is 1. The highest BCUT2D eigenvalue weighted by molar-refractivity contribution is 7.99. The molecule has 0 spiro atoms. The Labute approximate surface area is 108 Å². The lowest BCUT2D eigenvalue weighted by atomic mass is 10.2. The maximum absolute atomic E-state index is 8.97. The van der Waals surface area contributed by atoms with E-state index in [2.05, 4.69) is 18.3 Å². The zero-order chi connectivity index (χ0) is 12.5. The Morgan fingerprint density at radius 3 is 2.94 bits per heavy atom. The van der Waals surface area contributed by atoms with E-state index in [1.54, 1.807) is 18.9 Å². The van der Waals surface area contributed by atoms with Crippen LogP contribution in [0, 0.1) is 0 Å². The molecule has 1 aromatic carbocycles. The number of benzene rings is 1. The van der Waals surface area contributed by atoms with Gasteiger partial charge in [0.2, 0.25) is 0 Å². The van der Waals surface area contributed by atoms with Crippen LogP contribution in [0.5, 0.6) is 5.75 Å². The van der Waals surface area contributed by atoms with Gasteiger partial charge in [-0.2, -0.15) is 0 Å². The second-order valence-electron chi connectivity index (χ2n) is 3.76. The van der Waals surface area contributed by atoms with Gasteiger partial charge in [-0.15, -0.1) is 11.8 Å². The summed E-state index contributed by atoms with van der Waals surface area (Å²) in [5.74, 6) is 1.85. The molecular weight excluding hydrogens is 234 g/mol. The van der Waals surface area contributed by atoms with Crippen LogP contribution >= 0.6 is 11.8 Å². The minimum Gasteiger partial charge on any atom is -0.497 e. The van der Waals surface area contributed by atoms with Gasteiger partial charge in [0, 0.05) is 23.3 Å².